The molecule has 0 radical (unpaired) electrons. The number of carbonyl (C=O) groups excluding carboxylic acids is 2. The third kappa shape index (κ3) is 3.43. The number of hydrogen-bond acceptors (Lipinski definition) is 3. The van der Waals surface area contributed by atoms with Gasteiger partial charge in [-0.3, -0.25) is 14.4 Å². The third-order valence-electron chi connectivity index (χ3n) is 5.21. The van der Waals surface area contributed by atoms with Crippen molar-refractivity contribution in [2.45, 2.75) is 12.3 Å². The maximum atomic E-state index is 12.8. The van der Waals surface area contributed by atoms with Gasteiger partial charge in [-0.2, -0.15) is 0 Å². The summed E-state index contributed by atoms with van der Waals surface area (Å²) in [6.07, 6.45) is 0.273. The zero-order valence-corrected chi connectivity index (χ0v) is 15.6. The van der Waals surface area contributed by atoms with E-state index in [4.69, 9.17) is 0 Å². The molecule has 0 spiro atoms. The van der Waals surface area contributed by atoms with E-state index in [1.807, 2.05) is 18.2 Å². The van der Waals surface area contributed by atoms with Gasteiger partial charge in [0.05, 0.1) is 5.92 Å². The standard InChI is InChI=1S/C24H19NO4/c26-22-18-10-5-4-9-17(18)21-19(22)11-6-12-20(21)23(27)25-14-13-16(24(28)29)15-7-2-1-3-8-15/h1-12,16H,13-14H2,(H,25,27)(H,28,29). The molecule has 3 aromatic rings. The van der Waals surface area contributed by atoms with Crippen LogP contribution < -0.4 is 5.32 Å². The molecule has 0 aliphatic heterocycles. The van der Waals surface area contributed by atoms with Gasteiger partial charge in [0.2, 0.25) is 0 Å². The van der Waals surface area contributed by atoms with Crippen molar-refractivity contribution in [3.8, 4) is 11.1 Å². The van der Waals surface area contributed by atoms with Gasteiger partial charge >= 0.3 is 5.97 Å². The minimum absolute atomic E-state index is 0.0831. The van der Waals surface area contributed by atoms with Gasteiger partial charge in [0.15, 0.2) is 5.78 Å². The molecule has 0 fully saturated rings. The van der Waals surface area contributed by atoms with Crippen LogP contribution in [0.3, 0.4) is 0 Å². The Balaban J connectivity index is 1.53. The largest absolute Gasteiger partial charge is 0.481 e. The second-order valence-electron chi connectivity index (χ2n) is 6.95. The molecule has 0 heterocycles. The average Bonchev–Trinajstić information content (AvgIpc) is 3.04. The minimum atomic E-state index is -0.925. The molecule has 1 amide bonds. The molecule has 5 heteroatoms. The smallest absolute Gasteiger partial charge is 0.311 e. The molecule has 1 aliphatic rings. The maximum absolute atomic E-state index is 12.8. The molecule has 144 valence electrons. The lowest BCUT2D eigenvalue weighted by Crippen LogP contribution is -2.27. The number of nitrogens with one attached hydrogen (secondary N) is 1. The average molecular weight is 385 g/mol. The van der Waals surface area contributed by atoms with E-state index >= 15 is 0 Å². The number of benzene rings is 3. The molecule has 1 aliphatic carbocycles. The van der Waals surface area contributed by atoms with Gasteiger partial charge in [-0.05, 0) is 23.6 Å². The normalized spacial score (nSPS) is 12.8. The first-order valence-corrected chi connectivity index (χ1v) is 9.41. The minimum Gasteiger partial charge on any atom is -0.481 e. The summed E-state index contributed by atoms with van der Waals surface area (Å²) in [7, 11) is 0. The molecule has 1 atom stereocenters. The molecule has 0 aromatic heterocycles. The summed E-state index contributed by atoms with van der Waals surface area (Å²) in [6.45, 7) is 0.212. The van der Waals surface area contributed by atoms with E-state index in [2.05, 4.69) is 5.32 Å². The van der Waals surface area contributed by atoms with E-state index in [0.717, 1.165) is 5.56 Å². The number of carbonyl (C=O) groups is 3. The molecule has 29 heavy (non-hydrogen) atoms. The van der Waals surface area contributed by atoms with Crippen molar-refractivity contribution in [2.24, 2.45) is 0 Å². The fraction of sp³-hybridized carbons (Fsp3) is 0.125. The predicted octanol–water partition coefficient (Wildman–Crippen LogP) is 3.89. The highest BCUT2D eigenvalue weighted by Crippen LogP contribution is 2.38. The van der Waals surface area contributed by atoms with Crippen LogP contribution in [0.5, 0.6) is 0 Å². The highest BCUT2D eigenvalue weighted by Gasteiger charge is 2.30. The first-order chi connectivity index (χ1) is 14.1. The van der Waals surface area contributed by atoms with Gasteiger partial charge in [0.1, 0.15) is 0 Å². The van der Waals surface area contributed by atoms with Crippen molar-refractivity contribution in [2.75, 3.05) is 6.54 Å². The number of amides is 1. The highest BCUT2D eigenvalue weighted by atomic mass is 16.4. The summed E-state index contributed by atoms with van der Waals surface area (Å²) in [5.74, 6) is -2.02. The second kappa shape index (κ2) is 7.72. The number of aliphatic carboxylic acids is 1. The predicted molar refractivity (Wildman–Crippen MR) is 109 cm³/mol. The Bertz CT molecular complexity index is 1100. The quantitative estimate of drug-likeness (QED) is 0.527. The SMILES string of the molecule is O=C(NCCC(C(=O)O)c1ccccc1)c1cccc2c1-c1ccccc1C2=O. The Labute approximate surface area is 168 Å². The van der Waals surface area contributed by atoms with Crippen LogP contribution in [0.15, 0.2) is 72.8 Å². The van der Waals surface area contributed by atoms with Gasteiger partial charge in [0.25, 0.3) is 5.91 Å². The van der Waals surface area contributed by atoms with E-state index in [1.54, 1.807) is 54.6 Å². The van der Waals surface area contributed by atoms with Crippen LogP contribution in [0.2, 0.25) is 0 Å². The van der Waals surface area contributed by atoms with E-state index in [1.165, 1.54) is 0 Å². The Hall–Kier alpha value is -3.73. The highest BCUT2D eigenvalue weighted by molar-refractivity contribution is 6.24. The summed E-state index contributed by atoms with van der Waals surface area (Å²) in [6, 6.07) is 21.3. The van der Waals surface area contributed by atoms with Crippen LogP contribution in [-0.4, -0.2) is 29.3 Å². The van der Waals surface area contributed by atoms with E-state index in [9.17, 15) is 19.5 Å². The van der Waals surface area contributed by atoms with Gasteiger partial charge < -0.3 is 10.4 Å². The van der Waals surface area contributed by atoms with Gasteiger partial charge in [-0.25, -0.2) is 0 Å². The number of fused-ring (bicyclic) bond motifs is 3. The summed E-state index contributed by atoms with van der Waals surface area (Å²) in [4.78, 5) is 37.1. The van der Waals surface area contributed by atoms with Crippen LogP contribution in [0.25, 0.3) is 11.1 Å². The molecule has 0 bridgehead atoms. The molecular formula is C24H19NO4. The van der Waals surface area contributed by atoms with Gasteiger partial charge in [-0.15, -0.1) is 0 Å². The molecule has 5 nitrogen and oxygen atoms in total. The topological polar surface area (TPSA) is 83.5 Å². The molecule has 0 saturated carbocycles. The summed E-state index contributed by atoms with van der Waals surface area (Å²) in [5.41, 5.74) is 3.64. The zero-order chi connectivity index (χ0) is 20.4. The number of carboxylic acid groups (broad SMARTS) is 1. The van der Waals surface area contributed by atoms with Crippen molar-refractivity contribution >= 4 is 17.7 Å². The fourth-order valence-corrected chi connectivity index (χ4v) is 3.81. The first-order valence-electron chi connectivity index (χ1n) is 9.41. The molecule has 0 saturated heterocycles. The van der Waals surface area contributed by atoms with E-state index in [-0.39, 0.29) is 24.7 Å². The van der Waals surface area contributed by atoms with E-state index in [0.29, 0.717) is 27.8 Å². The van der Waals surface area contributed by atoms with Crippen molar-refractivity contribution in [3.63, 3.8) is 0 Å². The Morgan fingerprint density at radius 1 is 0.828 bits per heavy atom. The van der Waals surface area contributed by atoms with E-state index < -0.39 is 11.9 Å². The number of carboxylic acids is 1. The Morgan fingerprint density at radius 3 is 2.21 bits per heavy atom. The summed E-state index contributed by atoms with van der Waals surface area (Å²) >= 11 is 0. The Kier molecular flexibility index (Phi) is 4.96. The second-order valence-corrected chi connectivity index (χ2v) is 6.95. The first kappa shape index (κ1) is 18.6. The van der Waals surface area contributed by atoms with Crippen molar-refractivity contribution in [1.29, 1.82) is 0 Å². The molecule has 4 rings (SSSR count). The number of rotatable bonds is 6. The maximum Gasteiger partial charge on any atom is 0.311 e. The lowest BCUT2D eigenvalue weighted by Gasteiger charge is -2.14. The number of ketones is 1. The molecular weight excluding hydrogens is 366 g/mol. The Morgan fingerprint density at radius 2 is 1.48 bits per heavy atom. The molecule has 1 unspecified atom stereocenters. The van der Waals surface area contributed by atoms with Crippen molar-refractivity contribution < 1.29 is 19.5 Å². The lowest BCUT2D eigenvalue weighted by molar-refractivity contribution is -0.138. The van der Waals surface area contributed by atoms with Crippen LogP contribution in [0, 0.1) is 0 Å². The van der Waals surface area contributed by atoms with Crippen LogP contribution in [-0.2, 0) is 4.79 Å². The van der Waals surface area contributed by atoms with Crippen molar-refractivity contribution in [3.05, 3.63) is 95.1 Å². The fourth-order valence-electron chi connectivity index (χ4n) is 3.81. The monoisotopic (exact) mass is 385 g/mol. The van der Waals surface area contributed by atoms with Crippen LogP contribution >= 0.6 is 0 Å². The summed E-state index contributed by atoms with van der Waals surface area (Å²) < 4.78 is 0. The third-order valence-corrected chi connectivity index (χ3v) is 5.21. The molecule has 3 aromatic carbocycles. The van der Waals surface area contributed by atoms with Crippen LogP contribution in [0.1, 0.15) is 44.2 Å². The van der Waals surface area contributed by atoms with Gasteiger partial charge in [-0.1, -0.05) is 66.7 Å². The molecule has 2 N–H and O–H groups in total. The number of hydrogen-bond donors (Lipinski definition) is 2. The lowest BCUT2D eigenvalue weighted by atomic mass is 9.95. The summed E-state index contributed by atoms with van der Waals surface area (Å²) in [5, 5.41) is 12.3. The van der Waals surface area contributed by atoms with Crippen LogP contribution in [0.4, 0.5) is 0 Å². The zero-order valence-electron chi connectivity index (χ0n) is 15.6. The van der Waals surface area contributed by atoms with Gasteiger partial charge in [0, 0.05) is 28.8 Å². The van der Waals surface area contributed by atoms with Crippen molar-refractivity contribution in [1.82, 2.24) is 5.32 Å².